The zero-order chi connectivity index (χ0) is 24.5. The molecule has 174 valence electrons. The van der Waals surface area contributed by atoms with Crippen molar-refractivity contribution in [3.05, 3.63) is 111 Å². The smallest absolute Gasteiger partial charge is 0.270 e. The maximum atomic E-state index is 13.5. The average Bonchev–Trinajstić information content (AvgIpc) is 3.28. The number of nitro benzene ring substituents is 1. The molecule has 4 aromatic rings. The van der Waals surface area contributed by atoms with Crippen LogP contribution in [0.3, 0.4) is 0 Å². The first-order valence-corrected chi connectivity index (χ1v) is 11.1. The summed E-state index contributed by atoms with van der Waals surface area (Å²) in [6.07, 6.45) is 0. The van der Waals surface area contributed by atoms with E-state index in [-0.39, 0.29) is 17.4 Å². The number of anilines is 2. The highest BCUT2D eigenvalue weighted by Gasteiger charge is 2.35. The Morgan fingerprint density at radius 3 is 2.57 bits per heavy atom. The number of fused-ring (bicyclic) bond motifs is 1. The number of amides is 1. The van der Waals surface area contributed by atoms with Crippen LogP contribution in [0.15, 0.2) is 90.1 Å². The third kappa shape index (κ3) is 4.24. The van der Waals surface area contributed by atoms with Crippen LogP contribution in [-0.2, 0) is 4.79 Å². The number of halogens is 1. The molecule has 1 atom stereocenters. The highest BCUT2D eigenvalue weighted by Crippen LogP contribution is 2.39. The summed E-state index contributed by atoms with van der Waals surface area (Å²) in [6, 6.07) is 21.8. The first kappa shape index (κ1) is 22.3. The van der Waals surface area contributed by atoms with E-state index in [4.69, 9.17) is 11.6 Å². The van der Waals surface area contributed by atoms with Crippen molar-refractivity contribution in [2.45, 2.75) is 13.0 Å². The highest BCUT2D eigenvalue weighted by atomic mass is 35.5. The van der Waals surface area contributed by atoms with Crippen molar-refractivity contribution >= 4 is 34.8 Å². The first-order valence-electron chi connectivity index (χ1n) is 10.7. The summed E-state index contributed by atoms with van der Waals surface area (Å²) in [7, 11) is 0. The van der Waals surface area contributed by atoms with Crippen LogP contribution in [-0.4, -0.2) is 25.6 Å². The Balaban J connectivity index is 1.62. The third-order valence-electron chi connectivity index (χ3n) is 5.64. The minimum Gasteiger partial charge on any atom is -0.328 e. The van der Waals surface area contributed by atoms with E-state index in [1.54, 1.807) is 41.9 Å². The summed E-state index contributed by atoms with van der Waals surface area (Å²) >= 11 is 6.57. The lowest BCUT2D eigenvalue weighted by Crippen LogP contribution is -2.31. The monoisotopic (exact) mass is 486 g/mol. The normalized spacial score (nSPS) is 14.7. The van der Waals surface area contributed by atoms with Gasteiger partial charge in [-0.2, -0.15) is 4.98 Å². The Bertz CT molecular complexity index is 1480. The fourth-order valence-corrected chi connectivity index (χ4v) is 4.27. The van der Waals surface area contributed by atoms with Crippen LogP contribution in [0.4, 0.5) is 17.3 Å². The van der Waals surface area contributed by atoms with E-state index >= 15 is 0 Å². The fraction of sp³-hybridized carbons (Fsp3) is 0.0800. The molecule has 0 bridgehead atoms. The van der Waals surface area contributed by atoms with Crippen LogP contribution in [0, 0.1) is 10.1 Å². The Morgan fingerprint density at radius 2 is 1.83 bits per heavy atom. The Labute approximate surface area is 205 Å². The van der Waals surface area contributed by atoms with Gasteiger partial charge in [-0.05, 0) is 25.1 Å². The molecule has 1 aliphatic heterocycles. The number of rotatable bonds is 5. The van der Waals surface area contributed by atoms with Gasteiger partial charge in [0.1, 0.15) is 6.04 Å². The number of allylic oxidation sites excluding steroid dienone is 1. The largest absolute Gasteiger partial charge is 0.328 e. The molecule has 1 aromatic heterocycles. The maximum Gasteiger partial charge on any atom is 0.270 e. The Hall–Kier alpha value is -4.50. The SMILES string of the molecule is CC1=C(C(=O)Nc2ccccc2)C(c2ccccc2Cl)n2nc(-c3cccc([N+](=O)[O-])c3)nc2N1. The lowest BCUT2D eigenvalue weighted by atomic mass is 9.95. The molecular weight excluding hydrogens is 468 g/mol. The van der Waals surface area contributed by atoms with Crippen molar-refractivity contribution in [2.24, 2.45) is 0 Å². The first-order chi connectivity index (χ1) is 16.9. The van der Waals surface area contributed by atoms with E-state index in [1.807, 2.05) is 36.4 Å². The fourth-order valence-electron chi connectivity index (χ4n) is 4.03. The number of nitrogens with zero attached hydrogens (tertiary/aromatic N) is 4. The van der Waals surface area contributed by atoms with Crippen molar-refractivity contribution in [3.8, 4) is 11.4 Å². The van der Waals surface area contributed by atoms with E-state index in [2.05, 4.69) is 20.7 Å². The highest BCUT2D eigenvalue weighted by molar-refractivity contribution is 6.31. The molecule has 5 rings (SSSR count). The van der Waals surface area contributed by atoms with Gasteiger partial charge in [-0.1, -0.05) is 60.1 Å². The maximum absolute atomic E-state index is 13.5. The molecule has 2 N–H and O–H groups in total. The molecule has 1 unspecified atom stereocenters. The molecule has 0 aliphatic carbocycles. The molecule has 0 saturated carbocycles. The van der Waals surface area contributed by atoms with E-state index in [9.17, 15) is 14.9 Å². The number of benzene rings is 3. The summed E-state index contributed by atoms with van der Waals surface area (Å²) in [5, 5.41) is 22.4. The van der Waals surface area contributed by atoms with Crippen LogP contribution in [0.25, 0.3) is 11.4 Å². The Kier molecular flexibility index (Phi) is 5.76. The summed E-state index contributed by atoms with van der Waals surface area (Å²) in [4.78, 5) is 28.8. The summed E-state index contributed by atoms with van der Waals surface area (Å²) < 4.78 is 1.59. The quantitative estimate of drug-likeness (QED) is 0.287. The second kappa shape index (κ2) is 9.03. The number of hydrogen-bond acceptors (Lipinski definition) is 6. The molecule has 0 fully saturated rings. The lowest BCUT2D eigenvalue weighted by molar-refractivity contribution is -0.384. The van der Waals surface area contributed by atoms with Crippen molar-refractivity contribution < 1.29 is 9.72 Å². The zero-order valence-corrected chi connectivity index (χ0v) is 19.2. The molecule has 10 heteroatoms. The molecule has 2 heterocycles. The molecular formula is C25H19ClN6O3. The van der Waals surface area contributed by atoms with Crippen LogP contribution >= 0.6 is 11.6 Å². The average molecular weight is 487 g/mol. The topological polar surface area (TPSA) is 115 Å². The number of hydrogen-bond donors (Lipinski definition) is 2. The van der Waals surface area contributed by atoms with Gasteiger partial charge in [0.05, 0.1) is 10.5 Å². The summed E-state index contributed by atoms with van der Waals surface area (Å²) in [6.45, 7) is 1.79. The summed E-state index contributed by atoms with van der Waals surface area (Å²) in [5.41, 5.74) is 2.75. The second-order valence-corrected chi connectivity index (χ2v) is 8.33. The number of carbonyl (C=O) groups is 1. The molecule has 35 heavy (non-hydrogen) atoms. The molecule has 1 amide bonds. The standard InChI is InChI=1S/C25H19ClN6O3/c1-15-21(24(33)28-17-9-3-2-4-10-17)22(19-12-5-6-13-20(19)26)31-25(27-15)29-23(30-31)16-8-7-11-18(14-16)32(34)35/h2-14,22H,1H3,(H,28,33)(H,27,29,30). The number of non-ortho nitro benzene ring substituents is 1. The van der Waals surface area contributed by atoms with Gasteiger partial charge >= 0.3 is 0 Å². The van der Waals surface area contributed by atoms with Gasteiger partial charge in [0.2, 0.25) is 5.95 Å². The second-order valence-electron chi connectivity index (χ2n) is 7.92. The van der Waals surface area contributed by atoms with Crippen molar-refractivity contribution in [3.63, 3.8) is 0 Å². The van der Waals surface area contributed by atoms with Crippen LogP contribution < -0.4 is 10.6 Å². The van der Waals surface area contributed by atoms with Crippen LogP contribution in [0.2, 0.25) is 5.02 Å². The van der Waals surface area contributed by atoms with Gasteiger partial charge in [-0.25, -0.2) is 4.68 Å². The van der Waals surface area contributed by atoms with Crippen molar-refractivity contribution in [2.75, 3.05) is 10.6 Å². The Morgan fingerprint density at radius 1 is 1.09 bits per heavy atom. The van der Waals surface area contributed by atoms with Crippen LogP contribution in [0.5, 0.6) is 0 Å². The zero-order valence-electron chi connectivity index (χ0n) is 18.5. The predicted octanol–water partition coefficient (Wildman–Crippen LogP) is 5.43. The number of para-hydroxylation sites is 1. The molecule has 0 spiro atoms. The van der Waals surface area contributed by atoms with E-state index in [1.165, 1.54) is 12.1 Å². The van der Waals surface area contributed by atoms with E-state index in [0.717, 1.165) is 0 Å². The molecule has 0 radical (unpaired) electrons. The van der Waals surface area contributed by atoms with Gasteiger partial charge in [0, 0.05) is 39.7 Å². The number of nitrogens with one attached hydrogen (secondary N) is 2. The third-order valence-corrected chi connectivity index (χ3v) is 5.99. The molecule has 0 saturated heterocycles. The minimum atomic E-state index is -0.677. The number of aromatic nitrogens is 3. The minimum absolute atomic E-state index is 0.0666. The van der Waals surface area contributed by atoms with Crippen molar-refractivity contribution in [1.29, 1.82) is 0 Å². The van der Waals surface area contributed by atoms with Gasteiger partial charge < -0.3 is 10.6 Å². The van der Waals surface area contributed by atoms with Gasteiger partial charge in [0.25, 0.3) is 11.6 Å². The van der Waals surface area contributed by atoms with Crippen LogP contribution in [0.1, 0.15) is 18.5 Å². The molecule has 9 nitrogen and oxygen atoms in total. The van der Waals surface area contributed by atoms with Gasteiger partial charge in [-0.15, -0.1) is 5.10 Å². The van der Waals surface area contributed by atoms with Gasteiger partial charge in [-0.3, -0.25) is 14.9 Å². The number of nitro groups is 1. The molecule has 1 aliphatic rings. The van der Waals surface area contributed by atoms with Crippen molar-refractivity contribution in [1.82, 2.24) is 14.8 Å². The predicted molar refractivity (Wildman–Crippen MR) is 133 cm³/mol. The van der Waals surface area contributed by atoms with E-state index in [0.29, 0.717) is 39.1 Å². The lowest BCUT2D eigenvalue weighted by Gasteiger charge is -2.29. The van der Waals surface area contributed by atoms with Gasteiger partial charge in [0.15, 0.2) is 5.82 Å². The van der Waals surface area contributed by atoms with E-state index < -0.39 is 11.0 Å². The number of carbonyl (C=O) groups excluding carboxylic acids is 1. The summed E-state index contributed by atoms with van der Waals surface area (Å²) in [5.74, 6) is 0.361. The molecule has 3 aromatic carbocycles.